The van der Waals surface area contributed by atoms with Crippen molar-refractivity contribution >= 4 is 6.09 Å². The first-order chi connectivity index (χ1) is 9.27. The van der Waals surface area contributed by atoms with Crippen LogP contribution >= 0.6 is 0 Å². The summed E-state index contributed by atoms with van der Waals surface area (Å²) in [5.41, 5.74) is 1.20. The summed E-state index contributed by atoms with van der Waals surface area (Å²) in [6, 6.07) is 9.81. The molecule has 0 bridgehead atoms. The van der Waals surface area contributed by atoms with Gasteiger partial charge in [-0.05, 0) is 31.4 Å². The molecule has 0 unspecified atom stereocenters. The number of carbonyl (C=O) groups excluding carboxylic acids is 1. The van der Waals surface area contributed by atoms with Gasteiger partial charge in [0.25, 0.3) is 0 Å². The average molecular weight is 260 g/mol. The van der Waals surface area contributed by atoms with Crippen molar-refractivity contribution in [3.8, 4) is 0 Å². The maximum absolute atomic E-state index is 12.0. The monoisotopic (exact) mass is 260 g/mol. The highest BCUT2D eigenvalue weighted by atomic mass is 16.6. The SMILES string of the molecule is O=C(OCc1ccccc1)N1CC[C@]2(CCCN2)C1. The van der Waals surface area contributed by atoms with Crippen molar-refractivity contribution in [2.24, 2.45) is 0 Å². The summed E-state index contributed by atoms with van der Waals surface area (Å²) in [6.07, 6.45) is 3.25. The number of hydrogen-bond donors (Lipinski definition) is 1. The van der Waals surface area contributed by atoms with Gasteiger partial charge in [0.1, 0.15) is 6.61 Å². The lowest BCUT2D eigenvalue weighted by Crippen LogP contribution is -2.43. The zero-order valence-electron chi connectivity index (χ0n) is 11.1. The Morgan fingerprint density at radius 3 is 2.89 bits per heavy atom. The Kier molecular flexibility index (Phi) is 3.42. The van der Waals surface area contributed by atoms with Crippen LogP contribution in [0.3, 0.4) is 0 Å². The van der Waals surface area contributed by atoms with E-state index in [4.69, 9.17) is 4.74 Å². The molecule has 2 fully saturated rings. The molecule has 1 aromatic carbocycles. The maximum atomic E-state index is 12.0. The van der Waals surface area contributed by atoms with Crippen LogP contribution in [0.2, 0.25) is 0 Å². The number of hydrogen-bond acceptors (Lipinski definition) is 3. The second-order valence-corrected chi connectivity index (χ2v) is 5.52. The molecule has 1 N–H and O–H groups in total. The molecule has 4 nitrogen and oxygen atoms in total. The zero-order chi connectivity index (χ0) is 13.1. The third kappa shape index (κ3) is 2.73. The lowest BCUT2D eigenvalue weighted by molar-refractivity contribution is 0.102. The molecule has 4 heteroatoms. The molecule has 2 aliphatic heterocycles. The number of amides is 1. The van der Waals surface area contributed by atoms with E-state index in [9.17, 15) is 4.79 Å². The van der Waals surface area contributed by atoms with E-state index in [1.165, 1.54) is 12.8 Å². The van der Waals surface area contributed by atoms with Crippen molar-refractivity contribution in [1.29, 1.82) is 0 Å². The topological polar surface area (TPSA) is 41.6 Å². The van der Waals surface area contributed by atoms with E-state index in [2.05, 4.69) is 5.32 Å². The lowest BCUT2D eigenvalue weighted by atomic mass is 9.97. The van der Waals surface area contributed by atoms with E-state index in [-0.39, 0.29) is 11.6 Å². The molecule has 2 saturated heterocycles. The molecule has 0 radical (unpaired) electrons. The Bertz CT molecular complexity index is 441. The van der Waals surface area contributed by atoms with Gasteiger partial charge in [-0.3, -0.25) is 0 Å². The zero-order valence-corrected chi connectivity index (χ0v) is 11.1. The third-order valence-corrected chi connectivity index (χ3v) is 4.15. The smallest absolute Gasteiger partial charge is 0.410 e. The van der Waals surface area contributed by atoms with Crippen molar-refractivity contribution in [3.05, 3.63) is 35.9 Å². The first-order valence-corrected chi connectivity index (χ1v) is 6.98. The first-order valence-electron chi connectivity index (χ1n) is 6.98. The Morgan fingerprint density at radius 1 is 1.32 bits per heavy atom. The van der Waals surface area contributed by atoms with E-state index >= 15 is 0 Å². The summed E-state index contributed by atoms with van der Waals surface area (Å²) in [4.78, 5) is 13.9. The molecule has 0 saturated carbocycles. The molecule has 0 aliphatic carbocycles. The Morgan fingerprint density at radius 2 is 2.16 bits per heavy atom. The minimum absolute atomic E-state index is 0.172. The Hall–Kier alpha value is -1.55. The number of nitrogens with one attached hydrogen (secondary N) is 1. The lowest BCUT2D eigenvalue weighted by Gasteiger charge is -2.23. The Labute approximate surface area is 113 Å². The Balaban J connectivity index is 1.51. The molecular formula is C15H20N2O2. The summed E-state index contributed by atoms with van der Waals surface area (Å²) < 4.78 is 5.37. The van der Waals surface area contributed by atoms with Crippen LogP contribution in [0, 0.1) is 0 Å². The predicted octanol–water partition coefficient (Wildman–Crippen LogP) is 2.15. The van der Waals surface area contributed by atoms with Gasteiger partial charge in [-0.15, -0.1) is 0 Å². The number of carbonyl (C=O) groups is 1. The summed E-state index contributed by atoms with van der Waals surface area (Å²) in [6.45, 7) is 3.03. The van der Waals surface area contributed by atoms with Gasteiger partial charge in [-0.1, -0.05) is 30.3 Å². The van der Waals surface area contributed by atoms with Crippen molar-refractivity contribution in [2.75, 3.05) is 19.6 Å². The van der Waals surface area contributed by atoms with Crippen LogP contribution in [0.25, 0.3) is 0 Å². The quantitative estimate of drug-likeness (QED) is 0.886. The molecular weight excluding hydrogens is 240 g/mol. The number of benzene rings is 1. The normalized spacial score (nSPS) is 26.0. The van der Waals surface area contributed by atoms with Crippen LogP contribution in [0.5, 0.6) is 0 Å². The molecule has 19 heavy (non-hydrogen) atoms. The highest BCUT2D eigenvalue weighted by molar-refractivity contribution is 5.68. The fourth-order valence-electron chi connectivity index (χ4n) is 3.06. The highest BCUT2D eigenvalue weighted by Gasteiger charge is 2.42. The van der Waals surface area contributed by atoms with Gasteiger partial charge in [0, 0.05) is 18.6 Å². The summed E-state index contributed by atoms with van der Waals surface area (Å²) in [7, 11) is 0. The van der Waals surface area contributed by atoms with Crippen LogP contribution in [0.1, 0.15) is 24.8 Å². The molecule has 102 valence electrons. The second-order valence-electron chi connectivity index (χ2n) is 5.52. The van der Waals surface area contributed by atoms with Gasteiger partial charge in [0.15, 0.2) is 0 Å². The van der Waals surface area contributed by atoms with E-state index in [1.54, 1.807) is 0 Å². The van der Waals surface area contributed by atoms with Crippen molar-refractivity contribution < 1.29 is 9.53 Å². The van der Waals surface area contributed by atoms with Crippen LogP contribution in [0.15, 0.2) is 30.3 Å². The number of rotatable bonds is 2. The summed E-state index contributed by atoms with van der Waals surface area (Å²) in [5, 5.41) is 3.54. The summed E-state index contributed by atoms with van der Waals surface area (Å²) in [5.74, 6) is 0. The van der Waals surface area contributed by atoms with Gasteiger partial charge in [-0.2, -0.15) is 0 Å². The van der Waals surface area contributed by atoms with Gasteiger partial charge in [0.05, 0.1) is 0 Å². The van der Waals surface area contributed by atoms with Gasteiger partial charge >= 0.3 is 6.09 Å². The molecule has 1 aromatic rings. The number of nitrogens with zero attached hydrogens (tertiary/aromatic N) is 1. The third-order valence-electron chi connectivity index (χ3n) is 4.15. The van der Waals surface area contributed by atoms with Crippen LogP contribution in [-0.2, 0) is 11.3 Å². The molecule has 3 rings (SSSR count). The van der Waals surface area contributed by atoms with Gasteiger partial charge in [-0.25, -0.2) is 4.79 Å². The fraction of sp³-hybridized carbons (Fsp3) is 0.533. The van der Waals surface area contributed by atoms with Crippen molar-refractivity contribution in [3.63, 3.8) is 0 Å². The van der Waals surface area contributed by atoms with Crippen LogP contribution in [-0.4, -0.2) is 36.2 Å². The second kappa shape index (κ2) is 5.21. The molecule has 0 aromatic heterocycles. The standard InChI is InChI=1S/C15H20N2O2/c18-14(19-11-13-5-2-1-3-6-13)17-10-8-15(12-17)7-4-9-16-15/h1-3,5-6,16H,4,7-12H2/t15-/m1/s1. The van der Waals surface area contributed by atoms with Crippen LogP contribution < -0.4 is 5.32 Å². The minimum atomic E-state index is -0.186. The largest absolute Gasteiger partial charge is 0.445 e. The predicted molar refractivity (Wildman–Crippen MR) is 72.8 cm³/mol. The summed E-state index contributed by atoms with van der Waals surface area (Å²) >= 11 is 0. The maximum Gasteiger partial charge on any atom is 0.410 e. The van der Waals surface area contributed by atoms with E-state index in [0.717, 1.165) is 31.6 Å². The van der Waals surface area contributed by atoms with Gasteiger partial charge in [0.2, 0.25) is 0 Å². The first kappa shape index (κ1) is 12.5. The molecule has 1 atom stereocenters. The molecule has 2 aliphatic rings. The molecule has 1 spiro atoms. The molecule has 1 amide bonds. The van der Waals surface area contributed by atoms with Crippen LogP contribution in [0.4, 0.5) is 4.79 Å². The van der Waals surface area contributed by atoms with Gasteiger partial charge < -0.3 is 15.0 Å². The minimum Gasteiger partial charge on any atom is -0.445 e. The van der Waals surface area contributed by atoms with Crippen molar-refractivity contribution in [1.82, 2.24) is 10.2 Å². The van der Waals surface area contributed by atoms with E-state index < -0.39 is 0 Å². The molecule has 2 heterocycles. The average Bonchev–Trinajstić information content (AvgIpc) is 3.08. The van der Waals surface area contributed by atoms with E-state index in [0.29, 0.717) is 6.61 Å². The fourth-order valence-corrected chi connectivity index (χ4v) is 3.06. The van der Waals surface area contributed by atoms with Crippen molar-refractivity contribution in [2.45, 2.75) is 31.4 Å². The highest BCUT2D eigenvalue weighted by Crippen LogP contribution is 2.30. The number of likely N-dealkylation sites (tertiary alicyclic amines) is 1. The van der Waals surface area contributed by atoms with E-state index in [1.807, 2.05) is 35.2 Å². The number of ether oxygens (including phenoxy) is 1.